The third-order valence-electron chi connectivity index (χ3n) is 4.53. The number of nitro groups is 1. The third kappa shape index (κ3) is 4.37. The topological polar surface area (TPSA) is 111 Å². The average molecular weight is 457 g/mol. The van der Waals surface area contributed by atoms with Crippen LogP contribution in [-0.4, -0.2) is 45.8 Å². The molecule has 0 saturated carbocycles. The number of carbonyl (C=O) groups excluding carboxylic acids is 2. The van der Waals surface area contributed by atoms with E-state index in [2.05, 4.69) is 5.32 Å². The van der Waals surface area contributed by atoms with E-state index in [-0.39, 0.29) is 37.0 Å². The fourth-order valence-electron chi connectivity index (χ4n) is 3.05. The summed E-state index contributed by atoms with van der Waals surface area (Å²) in [7, 11) is 0. The van der Waals surface area contributed by atoms with Crippen LogP contribution in [-0.2, 0) is 4.79 Å². The van der Waals surface area contributed by atoms with E-state index in [0.717, 1.165) is 5.56 Å². The van der Waals surface area contributed by atoms with E-state index in [0.29, 0.717) is 20.7 Å². The fourth-order valence-corrected chi connectivity index (χ4v) is 4.36. The van der Waals surface area contributed by atoms with Crippen LogP contribution in [0.3, 0.4) is 0 Å². The minimum absolute atomic E-state index is 0.0411. The molecule has 2 aromatic rings. The summed E-state index contributed by atoms with van der Waals surface area (Å²) in [6.45, 7) is 0.406. The lowest BCUT2D eigenvalue weighted by atomic mass is 10.1. The number of para-hydroxylation sites is 1. The molecule has 4 rings (SSSR count). The Morgan fingerprint density at radius 1 is 1.26 bits per heavy atom. The van der Waals surface area contributed by atoms with E-state index in [4.69, 9.17) is 21.7 Å². The van der Waals surface area contributed by atoms with Crippen molar-refractivity contribution in [1.82, 2.24) is 10.2 Å². The molecule has 2 amide bonds. The van der Waals surface area contributed by atoms with E-state index in [1.165, 1.54) is 34.9 Å². The number of rotatable bonds is 6. The lowest BCUT2D eigenvalue weighted by Crippen LogP contribution is -2.37. The molecule has 0 spiro atoms. The minimum Gasteiger partial charge on any atom is -0.454 e. The van der Waals surface area contributed by atoms with Crippen LogP contribution >= 0.6 is 24.0 Å². The summed E-state index contributed by atoms with van der Waals surface area (Å²) in [6, 6.07) is 11.0. The molecule has 0 radical (unpaired) electrons. The van der Waals surface area contributed by atoms with Gasteiger partial charge in [0.15, 0.2) is 11.5 Å². The smallest absolute Gasteiger partial charge is 0.282 e. The second kappa shape index (κ2) is 8.74. The third-order valence-corrected chi connectivity index (χ3v) is 5.91. The molecular weight excluding hydrogens is 442 g/mol. The predicted octanol–water partition coefficient (Wildman–Crippen LogP) is 2.95. The lowest BCUT2D eigenvalue weighted by Gasteiger charge is -2.14. The zero-order chi connectivity index (χ0) is 22.0. The molecule has 0 atom stereocenters. The van der Waals surface area contributed by atoms with Crippen LogP contribution in [0.15, 0.2) is 47.4 Å². The normalized spacial score (nSPS) is 16.1. The number of nitrogens with zero attached hydrogens (tertiary/aromatic N) is 2. The molecule has 2 aromatic carbocycles. The Balaban J connectivity index is 1.39. The van der Waals surface area contributed by atoms with Crippen LogP contribution in [0.2, 0.25) is 0 Å². The van der Waals surface area contributed by atoms with Gasteiger partial charge in [-0.15, -0.1) is 0 Å². The summed E-state index contributed by atoms with van der Waals surface area (Å²) in [4.78, 5) is 37.4. The Bertz CT molecular complexity index is 1130. The minimum atomic E-state index is -0.613. The maximum atomic E-state index is 12.7. The summed E-state index contributed by atoms with van der Waals surface area (Å²) >= 11 is 6.46. The summed E-state index contributed by atoms with van der Waals surface area (Å²) in [5.74, 6) is 0.405. The van der Waals surface area contributed by atoms with Crippen molar-refractivity contribution in [3.8, 4) is 11.5 Å². The van der Waals surface area contributed by atoms with Gasteiger partial charge in [-0.05, 0) is 29.8 Å². The van der Waals surface area contributed by atoms with Crippen LogP contribution in [0.4, 0.5) is 5.69 Å². The Labute approximate surface area is 186 Å². The molecule has 1 fully saturated rings. The fraction of sp³-hybridized carbons (Fsp3) is 0.150. The van der Waals surface area contributed by atoms with Gasteiger partial charge in [-0.1, -0.05) is 42.2 Å². The molecule has 158 valence electrons. The molecule has 2 aliphatic rings. The monoisotopic (exact) mass is 457 g/mol. The largest absolute Gasteiger partial charge is 0.454 e. The van der Waals surface area contributed by atoms with Gasteiger partial charge in [0.05, 0.1) is 9.83 Å². The van der Waals surface area contributed by atoms with Gasteiger partial charge in [0.2, 0.25) is 6.79 Å². The van der Waals surface area contributed by atoms with Crippen molar-refractivity contribution in [1.29, 1.82) is 0 Å². The second-order valence-electron chi connectivity index (χ2n) is 6.48. The molecule has 1 saturated heterocycles. The molecule has 0 unspecified atom stereocenters. The number of thiocarbonyl (C=S) groups is 1. The number of hydrogen-bond donors (Lipinski definition) is 1. The number of carbonyl (C=O) groups is 2. The van der Waals surface area contributed by atoms with Crippen molar-refractivity contribution in [3.05, 3.63) is 68.6 Å². The zero-order valence-electron chi connectivity index (χ0n) is 15.9. The van der Waals surface area contributed by atoms with Gasteiger partial charge < -0.3 is 14.8 Å². The molecule has 31 heavy (non-hydrogen) atoms. The highest BCUT2D eigenvalue weighted by atomic mass is 32.2. The van der Waals surface area contributed by atoms with E-state index in [1.807, 2.05) is 6.07 Å². The Hall–Kier alpha value is -3.44. The molecular formula is C20H15N3O6S2. The lowest BCUT2D eigenvalue weighted by molar-refractivity contribution is -0.385. The molecule has 11 heteroatoms. The highest BCUT2D eigenvalue weighted by Gasteiger charge is 2.32. The molecule has 2 heterocycles. The molecule has 1 N–H and O–H groups in total. The molecule has 2 aliphatic heterocycles. The predicted molar refractivity (Wildman–Crippen MR) is 118 cm³/mol. The number of thioether (sulfide) groups is 1. The van der Waals surface area contributed by atoms with E-state index in [9.17, 15) is 19.7 Å². The van der Waals surface area contributed by atoms with Gasteiger partial charge in [-0.2, -0.15) is 0 Å². The zero-order valence-corrected chi connectivity index (χ0v) is 17.5. The molecule has 0 bridgehead atoms. The van der Waals surface area contributed by atoms with Crippen LogP contribution in [0, 0.1) is 10.1 Å². The number of ether oxygens (including phenoxy) is 2. The van der Waals surface area contributed by atoms with Crippen molar-refractivity contribution in [2.24, 2.45) is 0 Å². The van der Waals surface area contributed by atoms with Crippen molar-refractivity contribution >= 4 is 51.9 Å². The number of amides is 2. The average Bonchev–Trinajstić information content (AvgIpc) is 3.33. The highest BCUT2D eigenvalue weighted by molar-refractivity contribution is 8.26. The Kier molecular flexibility index (Phi) is 5.87. The first-order valence-electron chi connectivity index (χ1n) is 9.10. The SMILES string of the molecule is O=C(NCCN1C(=O)/C(=C\c2ccc3c(c2)OCO3)SC1=S)c1ccccc1[N+](=O)[O-]. The summed E-state index contributed by atoms with van der Waals surface area (Å²) in [5.41, 5.74) is 0.451. The number of nitro benzene ring substituents is 1. The van der Waals surface area contributed by atoms with Crippen LogP contribution in [0.25, 0.3) is 6.08 Å². The van der Waals surface area contributed by atoms with Gasteiger partial charge in [0.25, 0.3) is 17.5 Å². The number of nitrogens with one attached hydrogen (secondary N) is 1. The highest BCUT2D eigenvalue weighted by Crippen LogP contribution is 2.36. The molecule has 9 nitrogen and oxygen atoms in total. The number of benzene rings is 2. The van der Waals surface area contributed by atoms with Crippen LogP contribution < -0.4 is 14.8 Å². The summed E-state index contributed by atoms with van der Waals surface area (Å²) in [6.07, 6.45) is 1.72. The van der Waals surface area contributed by atoms with Crippen molar-refractivity contribution in [3.63, 3.8) is 0 Å². The first kappa shape index (κ1) is 20.8. The van der Waals surface area contributed by atoms with E-state index in [1.54, 1.807) is 24.3 Å². The van der Waals surface area contributed by atoms with Crippen LogP contribution in [0.5, 0.6) is 11.5 Å². The Morgan fingerprint density at radius 3 is 2.84 bits per heavy atom. The first-order valence-corrected chi connectivity index (χ1v) is 10.3. The van der Waals surface area contributed by atoms with E-state index < -0.39 is 10.8 Å². The first-order chi connectivity index (χ1) is 14.9. The molecule has 0 aromatic heterocycles. The van der Waals surface area contributed by atoms with E-state index >= 15 is 0 Å². The Morgan fingerprint density at radius 2 is 2.03 bits per heavy atom. The maximum absolute atomic E-state index is 12.7. The van der Waals surface area contributed by atoms with Gasteiger partial charge in [0.1, 0.15) is 9.88 Å². The quantitative estimate of drug-likeness (QED) is 0.305. The number of fused-ring (bicyclic) bond motifs is 1. The van der Waals surface area contributed by atoms with Crippen molar-refractivity contribution in [2.75, 3.05) is 19.9 Å². The second-order valence-corrected chi connectivity index (χ2v) is 8.15. The van der Waals surface area contributed by atoms with Gasteiger partial charge in [-0.25, -0.2) is 0 Å². The van der Waals surface area contributed by atoms with Gasteiger partial charge >= 0.3 is 0 Å². The summed E-state index contributed by atoms with van der Waals surface area (Å²) in [5, 5.41) is 13.7. The maximum Gasteiger partial charge on any atom is 0.282 e. The summed E-state index contributed by atoms with van der Waals surface area (Å²) < 4.78 is 11.0. The molecule has 0 aliphatic carbocycles. The van der Waals surface area contributed by atoms with Crippen LogP contribution in [0.1, 0.15) is 15.9 Å². The van der Waals surface area contributed by atoms with Crippen molar-refractivity contribution in [2.45, 2.75) is 0 Å². The number of hydrogen-bond acceptors (Lipinski definition) is 8. The van der Waals surface area contributed by atoms with Gasteiger partial charge in [0, 0.05) is 19.2 Å². The van der Waals surface area contributed by atoms with Crippen molar-refractivity contribution < 1.29 is 24.0 Å². The van der Waals surface area contributed by atoms with Gasteiger partial charge in [-0.3, -0.25) is 24.6 Å². The standard InChI is InChI=1S/C20H15N3O6S2/c24-18(13-3-1-2-4-14(13)23(26)27)21-7-8-22-19(25)17(31-20(22)30)10-12-5-6-15-16(9-12)29-11-28-15/h1-6,9-10H,7-8,11H2,(H,21,24)/b17-10+.